The molecule has 0 saturated carbocycles. The second-order valence-corrected chi connectivity index (χ2v) is 7.37. The van der Waals surface area contributed by atoms with Crippen molar-refractivity contribution in [3.05, 3.63) is 53.3 Å². The average molecular weight is 382 g/mol. The molecule has 0 aliphatic carbocycles. The summed E-state index contributed by atoms with van der Waals surface area (Å²) in [6.45, 7) is 2.07. The second kappa shape index (κ2) is 7.80. The van der Waals surface area contributed by atoms with Gasteiger partial charge in [0, 0.05) is 25.5 Å². The van der Waals surface area contributed by atoms with Crippen molar-refractivity contribution in [2.45, 2.75) is 31.3 Å². The molecule has 0 atom stereocenters. The summed E-state index contributed by atoms with van der Waals surface area (Å²) in [5, 5.41) is 0. The third-order valence-electron chi connectivity index (χ3n) is 5.88. The Morgan fingerprint density at radius 1 is 1.14 bits per heavy atom. The molecule has 1 amide bonds. The first-order valence-electron chi connectivity index (χ1n) is 9.71. The van der Waals surface area contributed by atoms with Gasteiger partial charge in [-0.1, -0.05) is 0 Å². The van der Waals surface area contributed by atoms with Crippen LogP contribution in [0.2, 0.25) is 0 Å². The Morgan fingerprint density at radius 3 is 2.50 bits per heavy atom. The van der Waals surface area contributed by atoms with E-state index in [0.29, 0.717) is 26.1 Å². The Hall–Kier alpha value is -2.60. The molecule has 2 aliphatic rings. The molecule has 4 rings (SSSR count). The molecule has 0 unspecified atom stereocenters. The van der Waals surface area contributed by atoms with E-state index in [2.05, 4.69) is 17.1 Å². The van der Waals surface area contributed by atoms with Crippen LogP contribution in [0.5, 0.6) is 11.5 Å². The maximum atomic E-state index is 12.7. The van der Waals surface area contributed by atoms with Gasteiger partial charge in [0.2, 0.25) is 5.91 Å². The number of carbonyl (C=O) groups excluding carboxylic acids is 1. The Morgan fingerprint density at radius 2 is 1.82 bits per heavy atom. The molecule has 0 bridgehead atoms. The Labute approximate surface area is 165 Å². The monoisotopic (exact) mass is 382 g/mol. The molecule has 6 nitrogen and oxygen atoms in total. The lowest BCUT2D eigenvalue weighted by atomic mass is 9.79. The van der Waals surface area contributed by atoms with E-state index in [-0.39, 0.29) is 11.5 Å². The highest BCUT2D eigenvalue weighted by atomic mass is 16.5. The quantitative estimate of drug-likeness (QED) is 0.814. The number of nitrogens with zero attached hydrogens (tertiary/aromatic N) is 2. The smallest absolute Gasteiger partial charge is 0.226 e. The molecule has 0 radical (unpaired) electrons. The number of pyridine rings is 1. The highest BCUT2D eigenvalue weighted by Gasteiger charge is 2.42. The number of carbonyl (C=O) groups is 1. The fourth-order valence-corrected chi connectivity index (χ4v) is 4.30. The number of piperidine rings is 1. The van der Waals surface area contributed by atoms with Gasteiger partial charge in [-0.15, -0.1) is 0 Å². The molecular formula is C22H26N2O4. The van der Waals surface area contributed by atoms with Gasteiger partial charge in [-0.3, -0.25) is 9.78 Å². The lowest BCUT2D eigenvalue weighted by Crippen LogP contribution is -2.48. The highest BCUT2D eigenvalue weighted by Crippen LogP contribution is 2.45. The molecule has 148 valence electrons. The molecule has 1 saturated heterocycles. The number of amides is 1. The molecule has 1 aromatic carbocycles. The summed E-state index contributed by atoms with van der Waals surface area (Å²) in [7, 11) is 3.31. The normalized spacial score (nSPS) is 17.9. The summed E-state index contributed by atoms with van der Waals surface area (Å²) >= 11 is 0. The first kappa shape index (κ1) is 18.7. The van der Waals surface area contributed by atoms with Crippen LogP contribution in [0.1, 0.15) is 29.5 Å². The minimum Gasteiger partial charge on any atom is -0.493 e. The number of fused-ring (bicyclic) bond motifs is 2. The number of benzene rings is 1. The molecule has 0 N–H and O–H groups in total. The molecular weight excluding hydrogens is 356 g/mol. The van der Waals surface area contributed by atoms with Crippen molar-refractivity contribution < 1.29 is 19.0 Å². The number of ether oxygens (including phenoxy) is 3. The van der Waals surface area contributed by atoms with Gasteiger partial charge in [-0.25, -0.2) is 0 Å². The van der Waals surface area contributed by atoms with Gasteiger partial charge < -0.3 is 19.1 Å². The summed E-state index contributed by atoms with van der Waals surface area (Å²) in [6, 6.07) is 7.91. The molecule has 28 heavy (non-hydrogen) atoms. The number of hydrogen-bond acceptors (Lipinski definition) is 5. The van der Waals surface area contributed by atoms with Gasteiger partial charge in [-0.05, 0) is 60.2 Å². The van der Waals surface area contributed by atoms with Crippen LogP contribution < -0.4 is 9.47 Å². The van der Waals surface area contributed by atoms with E-state index in [9.17, 15) is 4.79 Å². The number of aromatic nitrogens is 1. The lowest BCUT2D eigenvalue weighted by molar-refractivity contribution is -0.140. The van der Waals surface area contributed by atoms with E-state index < -0.39 is 0 Å². The SMILES string of the molecule is COc1cc2c(cc1OC)C1(CCN(C(=O)Cc3ccncc3)CC1)OCC2. The zero-order valence-corrected chi connectivity index (χ0v) is 16.4. The molecule has 2 aliphatic heterocycles. The standard InChI is InChI=1S/C22H26N2O4/c1-26-19-14-17-5-12-28-22(18(17)15-20(19)27-2)6-10-24(11-7-22)21(25)13-16-3-8-23-9-4-16/h3-4,8-9,14-15H,5-7,10-13H2,1-2H3. The molecule has 1 aromatic heterocycles. The van der Waals surface area contributed by atoms with E-state index in [0.717, 1.165) is 36.3 Å². The number of methoxy groups -OCH3 is 2. The van der Waals surface area contributed by atoms with Gasteiger partial charge in [-0.2, -0.15) is 0 Å². The average Bonchev–Trinajstić information content (AvgIpc) is 2.74. The van der Waals surface area contributed by atoms with E-state index in [4.69, 9.17) is 14.2 Å². The fraction of sp³-hybridized carbons (Fsp3) is 0.455. The molecule has 3 heterocycles. The van der Waals surface area contributed by atoms with Crippen LogP contribution in [0.4, 0.5) is 0 Å². The predicted molar refractivity (Wildman–Crippen MR) is 105 cm³/mol. The van der Waals surface area contributed by atoms with E-state index in [1.54, 1.807) is 26.6 Å². The largest absolute Gasteiger partial charge is 0.493 e. The maximum Gasteiger partial charge on any atom is 0.226 e. The summed E-state index contributed by atoms with van der Waals surface area (Å²) in [6.07, 6.45) is 6.31. The topological polar surface area (TPSA) is 60.9 Å². The lowest BCUT2D eigenvalue weighted by Gasteiger charge is -2.45. The van der Waals surface area contributed by atoms with Crippen LogP contribution >= 0.6 is 0 Å². The van der Waals surface area contributed by atoms with Crippen LogP contribution in [0.25, 0.3) is 0 Å². The molecule has 1 spiro atoms. The van der Waals surface area contributed by atoms with Crippen molar-refractivity contribution in [2.75, 3.05) is 33.9 Å². The van der Waals surface area contributed by atoms with E-state index >= 15 is 0 Å². The van der Waals surface area contributed by atoms with Crippen LogP contribution in [-0.2, 0) is 28.0 Å². The zero-order valence-electron chi connectivity index (χ0n) is 16.4. The van der Waals surface area contributed by atoms with Gasteiger partial charge in [0.05, 0.1) is 32.8 Å². The fourth-order valence-electron chi connectivity index (χ4n) is 4.30. The highest BCUT2D eigenvalue weighted by molar-refractivity contribution is 5.78. The van der Waals surface area contributed by atoms with Crippen molar-refractivity contribution in [3.63, 3.8) is 0 Å². The minimum atomic E-state index is -0.347. The Balaban J connectivity index is 1.51. The van der Waals surface area contributed by atoms with Gasteiger partial charge in [0.1, 0.15) is 0 Å². The van der Waals surface area contributed by atoms with Gasteiger partial charge in [0.15, 0.2) is 11.5 Å². The summed E-state index contributed by atoms with van der Waals surface area (Å²) in [5.74, 6) is 1.63. The van der Waals surface area contributed by atoms with Crippen LogP contribution in [-0.4, -0.2) is 49.7 Å². The van der Waals surface area contributed by atoms with E-state index in [1.807, 2.05) is 17.0 Å². The summed E-state index contributed by atoms with van der Waals surface area (Å²) in [4.78, 5) is 18.7. The number of hydrogen-bond donors (Lipinski definition) is 0. The number of likely N-dealkylation sites (tertiary alicyclic amines) is 1. The molecule has 6 heteroatoms. The van der Waals surface area contributed by atoms with Crippen molar-refractivity contribution in [1.82, 2.24) is 9.88 Å². The van der Waals surface area contributed by atoms with Crippen molar-refractivity contribution in [3.8, 4) is 11.5 Å². The van der Waals surface area contributed by atoms with Crippen molar-refractivity contribution in [2.24, 2.45) is 0 Å². The van der Waals surface area contributed by atoms with Crippen LogP contribution in [0.3, 0.4) is 0 Å². The first-order valence-corrected chi connectivity index (χ1v) is 9.71. The molecule has 2 aromatic rings. The first-order chi connectivity index (χ1) is 13.6. The zero-order chi connectivity index (χ0) is 19.6. The maximum absolute atomic E-state index is 12.7. The third-order valence-corrected chi connectivity index (χ3v) is 5.88. The van der Waals surface area contributed by atoms with Crippen LogP contribution in [0, 0.1) is 0 Å². The Bertz CT molecular complexity index is 845. The third kappa shape index (κ3) is 3.44. The van der Waals surface area contributed by atoms with Crippen molar-refractivity contribution in [1.29, 1.82) is 0 Å². The molecule has 1 fully saturated rings. The van der Waals surface area contributed by atoms with Crippen LogP contribution in [0.15, 0.2) is 36.7 Å². The second-order valence-electron chi connectivity index (χ2n) is 7.37. The van der Waals surface area contributed by atoms with Gasteiger partial charge >= 0.3 is 0 Å². The predicted octanol–water partition coefficient (Wildman–Crippen LogP) is 2.73. The van der Waals surface area contributed by atoms with E-state index in [1.165, 1.54) is 11.1 Å². The summed E-state index contributed by atoms with van der Waals surface area (Å²) in [5.41, 5.74) is 3.08. The van der Waals surface area contributed by atoms with Crippen molar-refractivity contribution >= 4 is 5.91 Å². The number of rotatable bonds is 4. The minimum absolute atomic E-state index is 0.157. The van der Waals surface area contributed by atoms with Gasteiger partial charge in [0.25, 0.3) is 0 Å². The summed E-state index contributed by atoms with van der Waals surface area (Å²) < 4.78 is 17.3. The Kier molecular flexibility index (Phi) is 5.22.